The zero-order valence-corrected chi connectivity index (χ0v) is 21.3. The predicted octanol–water partition coefficient (Wildman–Crippen LogP) is 5.39. The Morgan fingerprint density at radius 2 is 1.54 bits per heavy atom. The minimum absolute atomic E-state index is 0.625. The van der Waals surface area contributed by atoms with Gasteiger partial charge in [0.25, 0.3) is 0 Å². The van der Waals surface area contributed by atoms with E-state index in [9.17, 15) is 5.11 Å². The van der Waals surface area contributed by atoms with E-state index in [1.54, 1.807) is 28.4 Å². The van der Waals surface area contributed by atoms with Gasteiger partial charge in [0.05, 0.1) is 39.8 Å². The molecule has 0 aliphatic carbocycles. The van der Waals surface area contributed by atoms with Crippen LogP contribution < -0.4 is 23.7 Å². The summed E-state index contributed by atoms with van der Waals surface area (Å²) in [6, 6.07) is 18.0. The first-order valence-electron chi connectivity index (χ1n) is 12.2. The van der Waals surface area contributed by atoms with Crippen LogP contribution in [0.4, 0.5) is 0 Å². The predicted molar refractivity (Wildman–Crippen MR) is 140 cm³/mol. The molecule has 1 aromatic heterocycles. The second-order valence-corrected chi connectivity index (χ2v) is 9.19. The highest BCUT2D eigenvalue weighted by atomic mass is 16.6. The molecule has 0 amide bonds. The van der Waals surface area contributed by atoms with Crippen LogP contribution in [0.15, 0.2) is 54.6 Å². The van der Waals surface area contributed by atoms with E-state index < -0.39 is 6.29 Å². The molecule has 2 aliphatic heterocycles. The highest BCUT2D eigenvalue weighted by molar-refractivity contribution is 5.87. The van der Waals surface area contributed by atoms with Crippen LogP contribution >= 0.6 is 0 Å². The molecule has 1 N–H and O–H groups in total. The molecule has 3 heterocycles. The number of aliphatic hydroxyl groups is 1. The Labute approximate surface area is 215 Å². The number of hydrogen-bond donors (Lipinski definition) is 1. The number of para-hydroxylation sites is 1. The Kier molecular flexibility index (Phi) is 5.72. The standard InChI is InChI=1S/C30H29NO6/c1-33-23-10-9-17(14-24(23)34-2)13-21-27-19-7-5-6-8-22(19)37-30(32)29(27)31-12-11-18-15-25(35-3)26(36-4)16-20(18)28(21)31/h5-10,14-16,30,32H,11-13H2,1-4H3. The van der Waals surface area contributed by atoms with Crippen molar-refractivity contribution in [2.24, 2.45) is 0 Å². The third-order valence-electron chi connectivity index (χ3n) is 7.33. The molecule has 2 aliphatic rings. The van der Waals surface area contributed by atoms with Crippen LogP contribution in [-0.4, -0.2) is 38.1 Å². The number of benzene rings is 3. The van der Waals surface area contributed by atoms with Crippen molar-refractivity contribution < 1.29 is 28.8 Å². The first-order chi connectivity index (χ1) is 18.1. The van der Waals surface area contributed by atoms with E-state index in [4.69, 9.17) is 23.7 Å². The maximum absolute atomic E-state index is 11.2. The molecule has 1 atom stereocenters. The SMILES string of the molecule is COc1ccc(Cc2c3c(n4c2-c2cc(OC)c(OC)cc2CC4)C(O)Oc2ccccc2-3)cc1OC. The van der Waals surface area contributed by atoms with Crippen molar-refractivity contribution in [3.8, 4) is 51.1 Å². The summed E-state index contributed by atoms with van der Waals surface area (Å²) in [6.45, 7) is 0.717. The van der Waals surface area contributed by atoms with Gasteiger partial charge in [-0.25, -0.2) is 0 Å². The minimum Gasteiger partial charge on any atom is -0.493 e. The fourth-order valence-electron chi connectivity index (χ4n) is 5.69. The van der Waals surface area contributed by atoms with Crippen LogP contribution in [0.3, 0.4) is 0 Å². The van der Waals surface area contributed by atoms with E-state index in [1.165, 1.54) is 5.56 Å². The van der Waals surface area contributed by atoms with E-state index in [1.807, 2.05) is 36.4 Å². The second-order valence-electron chi connectivity index (χ2n) is 9.19. The molecule has 1 unspecified atom stereocenters. The number of hydrogen-bond acceptors (Lipinski definition) is 6. The zero-order chi connectivity index (χ0) is 25.7. The first kappa shape index (κ1) is 23.3. The number of aryl methyl sites for hydroxylation is 1. The molecule has 0 saturated heterocycles. The van der Waals surface area contributed by atoms with Crippen molar-refractivity contribution in [2.75, 3.05) is 28.4 Å². The van der Waals surface area contributed by atoms with E-state index >= 15 is 0 Å². The van der Waals surface area contributed by atoms with E-state index in [0.29, 0.717) is 41.7 Å². The maximum atomic E-state index is 11.2. The van der Waals surface area contributed by atoms with Crippen LogP contribution in [0.2, 0.25) is 0 Å². The smallest absolute Gasteiger partial charge is 0.240 e. The molecule has 0 fully saturated rings. The van der Waals surface area contributed by atoms with Crippen LogP contribution in [0.1, 0.15) is 28.7 Å². The van der Waals surface area contributed by atoms with Gasteiger partial charge in [-0.15, -0.1) is 0 Å². The average Bonchev–Trinajstić information content (AvgIpc) is 3.27. The van der Waals surface area contributed by atoms with Gasteiger partial charge in [0, 0.05) is 29.7 Å². The summed E-state index contributed by atoms with van der Waals surface area (Å²) in [5, 5.41) is 11.2. The summed E-state index contributed by atoms with van der Waals surface area (Å²) >= 11 is 0. The summed E-state index contributed by atoms with van der Waals surface area (Å²) in [7, 11) is 6.58. The number of methoxy groups -OCH3 is 4. The molecule has 37 heavy (non-hydrogen) atoms. The summed E-state index contributed by atoms with van der Waals surface area (Å²) in [6.07, 6.45) is 0.359. The molecular formula is C30H29NO6. The first-order valence-corrected chi connectivity index (χ1v) is 12.2. The van der Waals surface area contributed by atoms with Crippen molar-refractivity contribution in [3.05, 3.63) is 77.0 Å². The Balaban J connectivity index is 1.63. The summed E-state index contributed by atoms with van der Waals surface area (Å²) in [4.78, 5) is 0. The average molecular weight is 500 g/mol. The van der Waals surface area contributed by atoms with Crippen LogP contribution in [-0.2, 0) is 19.4 Å². The molecule has 7 nitrogen and oxygen atoms in total. The lowest BCUT2D eigenvalue weighted by Crippen LogP contribution is -2.20. The Morgan fingerprint density at radius 3 is 2.30 bits per heavy atom. The van der Waals surface area contributed by atoms with Crippen LogP contribution in [0.5, 0.6) is 28.7 Å². The van der Waals surface area contributed by atoms with Crippen molar-refractivity contribution in [3.63, 3.8) is 0 Å². The second kappa shape index (κ2) is 9.09. The largest absolute Gasteiger partial charge is 0.493 e. The fraction of sp³-hybridized carbons (Fsp3) is 0.267. The lowest BCUT2D eigenvalue weighted by atomic mass is 9.89. The monoisotopic (exact) mass is 499 g/mol. The molecule has 6 rings (SSSR count). The number of aliphatic hydroxyl groups excluding tert-OH is 1. The quantitative estimate of drug-likeness (QED) is 0.384. The van der Waals surface area contributed by atoms with E-state index in [-0.39, 0.29) is 0 Å². The maximum Gasteiger partial charge on any atom is 0.240 e. The van der Waals surface area contributed by atoms with Crippen molar-refractivity contribution in [1.29, 1.82) is 0 Å². The van der Waals surface area contributed by atoms with E-state index in [2.05, 4.69) is 22.8 Å². The van der Waals surface area contributed by atoms with Gasteiger partial charge in [0.2, 0.25) is 6.29 Å². The number of ether oxygens (including phenoxy) is 5. The van der Waals surface area contributed by atoms with Gasteiger partial charge in [-0.3, -0.25) is 0 Å². The lowest BCUT2D eigenvalue weighted by molar-refractivity contribution is -0.0273. The molecule has 0 bridgehead atoms. The summed E-state index contributed by atoms with van der Waals surface area (Å²) in [5.41, 5.74) is 8.26. The molecule has 3 aromatic carbocycles. The Bertz CT molecular complexity index is 1500. The van der Waals surface area contributed by atoms with Crippen LogP contribution in [0.25, 0.3) is 22.4 Å². The minimum atomic E-state index is -1.07. The zero-order valence-electron chi connectivity index (χ0n) is 21.3. The van der Waals surface area contributed by atoms with Crippen LogP contribution in [0, 0.1) is 0 Å². The van der Waals surface area contributed by atoms with E-state index in [0.717, 1.165) is 45.6 Å². The normalized spacial score (nSPS) is 15.0. The molecule has 0 spiro atoms. The van der Waals surface area contributed by atoms with Gasteiger partial charge >= 0.3 is 0 Å². The van der Waals surface area contributed by atoms with Crippen molar-refractivity contribution >= 4 is 0 Å². The van der Waals surface area contributed by atoms with Gasteiger partial charge in [-0.1, -0.05) is 24.3 Å². The summed E-state index contributed by atoms with van der Waals surface area (Å²) in [5.74, 6) is 3.41. The molecule has 0 radical (unpaired) electrons. The fourth-order valence-corrected chi connectivity index (χ4v) is 5.69. The lowest BCUT2D eigenvalue weighted by Gasteiger charge is -2.27. The van der Waals surface area contributed by atoms with Gasteiger partial charge in [0.15, 0.2) is 23.0 Å². The molecule has 190 valence electrons. The third kappa shape index (κ3) is 3.61. The highest BCUT2D eigenvalue weighted by Crippen LogP contribution is 2.51. The molecule has 7 heteroatoms. The number of nitrogens with zero attached hydrogens (tertiary/aromatic N) is 1. The number of rotatable bonds is 6. The number of aromatic nitrogens is 1. The van der Waals surface area contributed by atoms with Gasteiger partial charge < -0.3 is 33.4 Å². The van der Waals surface area contributed by atoms with Gasteiger partial charge in [0.1, 0.15) is 5.75 Å². The third-order valence-corrected chi connectivity index (χ3v) is 7.33. The molecule has 4 aromatic rings. The van der Waals surface area contributed by atoms with Gasteiger partial charge in [-0.2, -0.15) is 0 Å². The molecule has 0 saturated carbocycles. The number of fused-ring (bicyclic) bond motifs is 7. The summed E-state index contributed by atoms with van der Waals surface area (Å²) < 4.78 is 30.5. The Hall–Kier alpha value is -4.10. The van der Waals surface area contributed by atoms with Gasteiger partial charge in [-0.05, 0) is 53.4 Å². The van der Waals surface area contributed by atoms with Crippen molar-refractivity contribution in [2.45, 2.75) is 25.7 Å². The highest BCUT2D eigenvalue weighted by Gasteiger charge is 2.36. The van der Waals surface area contributed by atoms with Crippen molar-refractivity contribution in [1.82, 2.24) is 4.57 Å². The molecular weight excluding hydrogens is 470 g/mol. The Morgan fingerprint density at radius 1 is 0.838 bits per heavy atom. The topological polar surface area (TPSA) is 71.3 Å².